The molecular formula is C17H20FN3O3S. The van der Waals surface area contributed by atoms with Crippen LogP contribution in [0.4, 0.5) is 4.39 Å². The van der Waals surface area contributed by atoms with E-state index in [9.17, 15) is 17.6 Å². The number of rotatable bonds is 3. The van der Waals surface area contributed by atoms with Crippen LogP contribution in [0.2, 0.25) is 0 Å². The number of aryl methyl sites for hydroxylation is 1. The molecule has 8 heteroatoms. The number of aromatic nitrogens is 1. The first-order valence-electron chi connectivity index (χ1n) is 7.98. The van der Waals surface area contributed by atoms with Crippen molar-refractivity contribution in [1.29, 1.82) is 0 Å². The molecule has 0 aliphatic carbocycles. The number of benzene rings is 1. The van der Waals surface area contributed by atoms with Gasteiger partial charge in [0.25, 0.3) is 5.91 Å². The Kier molecular flexibility index (Phi) is 4.66. The van der Waals surface area contributed by atoms with Crippen molar-refractivity contribution in [3.63, 3.8) is 0 Å². The number of hydrogen-bond donors (Lipinski definition) is 0. The summed E-state index contributed by atoms with van der Waals surface area (Å²) in [5, 5.41) is 0. The van der Waals surface area contributed by atoms with Crippen LogP contribution >= 0.6 is 0 Å². The molecule has 1 amide bonds. The highest BCUT2D eigenvalue weighted by Gasteiger charge is 2.31. The fraction of sp³-hybridized carbons (Fsp3) is 0.353. The third kappa shape index (κ3) is 3.32. The van der Waals surface area contributed by atoms with Gasteiger partial charge in [0.1, 0.15) is 11.5 Å². The zero-order valence-corrected chi connectivity index (χ0v) is 15.0. The first-order chi connectivity index (χ1) is 11.8. The van der Waals surface area contributed by atoms with E-state index in [1.807, 2.05) is 24.6 Å². The Labute approximate surface area is 146 Å². The SMILES string of the molecule is Cc1ccc(C(=O)N2CCN(S(=O)(=O)c3ccc(F)cc3)CC2)n1C. The van der Waals surface area contributed by atoms with Crippen molar-refractivity contribution < 1.29 is 17.6 Å². The topological polar surface area (TPSA) is 62.6 Å². The van der Waals surface area contributed by atoms with E-state index in [0.717, 1.165) is 17.8 Å². The molecule has 0 bridgehead atoms. The van der Waals surface area contributed by atoms with Crippen molar-refractivity contribution in [2.75, 3.05) is 26.2 Å². The van der Waals surface area contributed by atoms with Gasteiger partial charge in [-0.1, -0.05) is 0 Å². The van der Waals surface area contributed by atoms with Crippen LogP contribution in [0, 0.1) is 12.7 Å². The van der Waals surface area contributed by atoms with Crippen LogP contribution < -0.4 is 0 Å². The fourth-order valence-corrected chi connectivity index (χ4v) is 4.30. The van der Waals surface area contributed by atoms with Crippen molar-refractivity contribution in [3.05, 3.63) is 53.6 Å². The van der Waals surface area contributed by atoms with Crippen molar-refractivity contribution in [3.8, 4) is 0 Å². The van der Waals surface area contributed by atoms with Crippen LogP contribution in [0.15, 0.2) is 41.3 Å². The number of piperazine rings is 1. The summed E-state index contributed by atoms with van der Waals surface area (Å²) in [6.45, 7) is 3.00. The van der Waals surface area contributed by atoms with Gasteiger partial charge in [-0.3, -0.25) is 4.79 Å². The molecule has 1 aliphatic heterocycles. The number of nitrogens with zero attached hydrogens (tertiary/aromatic N) is 3. The van der Waals surface area contributed by atoms with Crippen LogP contribution in [0.3, 0.4) is 0 Å². The maximum atomic E-state index is 13.0. The minimum atomic E-state index is -3.67. The van der Waals surface area contributed by atoms with Crippen molar-refractivity contribution in [1.82, 2.24) is 13.8 Å². The Morgan fingerprint density at radius 3 is 2.12 bits per heavy atom. The lowest BCUT2D eigenvalue weighted by molar-refractivity contribution is 0.0688. The van der Waals surface area contributed by atoms with Gasteiger partial charge in [0, 0.05) is 38.9 Å². The molecule has 0 atom stereocenters. The third-order valence-electron chi connectivity index (χ3n) is 4.57. The van der Waals surface area contributed by atoms with Crippen LogP contribution in [0.25, 0.3) is 0 Å². The first kappa shape index (κ1) is 17.6. The molecule has 2 aromatic rings. The molecule has 0 N–H and O–H groups in total. The summed E-state index contributed by atoms with van der Waals surface area (Å²) in [6, 6.07) is 8.43. The highest BCUT2D eigenvalue weighted by atomic mass is 32.2. The summed E-state index contributed by atoms with van der Waals surface area (Å²) in [5.41, 5.74) is 1.58. The number of hydrogen-bond acceptors (Lipinski definition) is 3. The molecule has 1 aromatic carbocycles. The molecule has 1 saturated heterocycles. The number of carbonyl (C=O) groups excluding carboxylic acids is 1. The van der Waals surface area contributed by atoms with Crippen LogP contribution in [-0.2, 0) is 17.1 Å². The lowest BCUT2D eigenvalue weighted by atomic mass is 10.3. The van der Waals surface area contributed by atoms with Gasteiger partial charge >= 0.3 is 0 Å². The molecule has 134 valence electrons. The standard InChI is InChI=1S/C17H20FN3O3S/c1-13-3-8-16(19(13)2)17(22)20-9-11-21(12-10-20)25(23,24)15-6-4-14(18)5-7-15/h3-8H,9-12H2,1-2H3. The number of amides is 1. The molecule has 25 heavy (non-hydrogen) atoms. The average Bonchev–Trinajstić information content (AvgIpc) is 2.94. The Bertz CT molecular complexity index is 882. The van der Waals surface area contributed by atoms with Crippen molar-refractivity contribution in [2.24, 2.45) is 7.05 Å². The van der Waals surface area contributed by atoms with E-state index in [1.165, 1.54) is 16.4 Å². The van der Waals surface area contributed by atoms with Crippen LogP contribution in [0.1, 0.15) is 16.2 Å². The Balaban J connectivity index is 1.70. The molecule has 0 spiro atoms. The predicted octanol–water partition coefficient (Wildman–Crippen LogP) is 1.62. The van der Waals surface area contributed by atoms with E-state index >= 15 is 0 Å². The molecule has 1 fully saturated rings. The summed E-state index contributed by atoms with van der Waals surface area (Å²) in [7, 11) is -1.84. The summed E-state index contributed by atoms with van der Waals surface area (Å²) >= 11 is 0. The van der Waals surface area contributed by atoms with Crippen LogP contribution in [-0.4, -0.2) is 54.3 Å². The molecule has 0 unspecified atom stereocenters. The van der Waals surface area contributed by atoms with Gasteiger partial charge in [0.05, 0.1) is 4.90 Å². The second-order valence-corrected chi connectivity index (χ2v) is 8.01. The van der Waals surface area contributed by atoms with Gasteiger partial charge in [0.15, 0.2) is 0 Å². The maximum absolute atomic E-state index is 13.0. The van der Waals surface area contributed by atoms with Crippen molar-refractivity contribution >= 4 is 15.9 Å². The summed E-state index contributed by atoms with van der Waals surface area (Å²) in [4.78, 5) is 14.3. The van der Waals surface area contributed by atoms with Gasteiger partial charge < -0.3 is 9.47 Å². The van der Waals surface area contributed by atoms with Crippen LogP contribution in [0.5, 0.6) is 0 Å². The lowest BCUT2D eigenvalue weighted by Gasteiger charge is -2.34. The molecule has 2 heterocycles. The monoisotopic (exact) mass is 365 g/mol. The molecule has 3 rings (SSSR count). The number of sulfonamides is 1. The molecule has 1 aliphatic rings. The molecule has 6 nitrogen and oxygen atoms in total. The van der Waals surface area contributed by atoms with Gasteiger partial charge in [-0.15, -0.1) is 0 Å². The maximum Gasteiger partial charge on any atom is 0.270 e. The Morgan fingerprint density at radius 2 is 1.60 bits per heavy atom. The number of halogens is 1. The van der Waals surface area contributed by atoms with Gasteiger partial charge in [-0.05, 0) is 43.3 Å². The summed E-state index contributed by atoms with van der Waals surface area (Å²) in [5.74, 6) is -0.582. The smallest absolute Gasteiger partial charge is 0.270 e. The molecular weight excluding hydrogens is 345 g/mol. The van der Waals surface area contributed by atoms with E-state index in [4.69, 9.17) is 0 Å². The zero-order chi connectivity index (χ0) is 18.2. The van der Waals surface area contributed by atoms with E-state index in [0.29, 0.717) is 18.8 Å². The van der Waals surface area contributed by atoms with Crippen molar-refractivity contribution in [2.45, 2.75) is 11.8 Å². The summed E-state index contributed by atoms with van der Waals surface area (Å²) < 4.78 is 41.4. The minimum Gasteiger partial charge on any atom is -0.344 e. The van der Waals surface area contributed by atoms with E-state index in [-0.39, 0.29) is 23.9 Å². The highest BCUT2D eigenvalue weighted by molar-refractivity contribution is 7.89. The Morgan fingerprint density at radius 1 is 1.00 bits per heavy atom. The fourth-order valence-electron chi connectivity index (χ4n) is 2.88. The zero-order valence-electron chi connectivity index (χ0n) is 14.1. The minimum absolute atomic E-state index is 0.0618. The predicted molar refractivity (Wildman–Crippen MR) is 91.2 cm³/mol. The van der Waals surface area contributed by atoms with Gasteiger partial charge in [0.2, 0.25) is 10.0 Å². The van der Waals surface area contributed by atoms with Gasteiger partial charge in [-0.25, -0.2) is 12.8 Å². The summed E-state index contributed by atoms with van der Waals surface area (Å²) in [6.07, 6.45) is 0. The Hall–Kier alpha value is -2.19. The largest absolute Gasteiger partial charge is 0.344 e. The third-order valence-corrected chi connectivity index (χ3v) is 6.48. The molecule has 1 aromatic heterocycles. The van der Waals surface area contributed by atoms with E-state index in [1.54, 1.807) is 11.0 Å². The quantitative estimate of drug-likeness (QED) is 0.830. The normalized spacial score (nSPS) is 16.2. The van der Waals surface area contributed by atoms with Gasteiger partial charge in [-0.2, -0.15) is 4.31 Å². The second kappa shape index (κ2) is 6.61. The average molecular weight is 365 g/mol. The number of carbonyl (C=O) groups is 1. The first-order valence-corrected chi connectivity index (χ1v) is 9.42. The molecule has 0 radical (unpaired) electrons. The highest BCUT2D eigenvalue weighted by Crippen LogP contribution is 2.19. The lowest BCUT2D eigenvalue weighted by Crippen LogP contribution is -2.50. The second-order valence-electron chi connectivity index (χ2n) is 6.07. The van der Waals surface area contributed by atoms with E-state index in [2.05, 4.69) is 0 Å². The van der Waals surface area contributed by atoms with E-state index < -0.39 is 15.8 Å². The molecule has 0 saturated carbocycles.